The van der Waals surface area contributed by atoms with Crippen LogP contribution >= 0.6 is 11.6 Å². The van der Waals surface area contributed by atoms with Crippen molar-refractivity contribution in [2.24, 2.45) is 0 Å². The standard InChI is InChI=1S/C15H18FN3O.C14H12ClN.C12H22N2O2.C2H6/c1-13-9-18(11-17-13)7-2-8-19(12-20)10-14-3-5-15(16)6-4-14;15-13-6-5-12-9-14-10(2-1-7-16-14)3-4-11(12)8-13;1-10-9-13-7-8-14(10)12(15)16-11-5-3-2-4-6-11;1-2/h3-6,9,11-12H,2,7-8,10H2,1H3;1-2,5-8H,3-4,9H2;10-11,13H,2-9H2,1H3;1-2H3. The molecular formula is C43H58ClFN6O3. The van der Waals surface area contributed by atoms with Crippen LogP contribution in [0.25, 0.3) is 0 Å². The van der Waals surface area contributed by atoms with Crippen molar-refractivity contribution in [3.63, 3.8) is 0 Å². The first-order valence-electron chi connectivity index (χ1n) is 19.6. The van der Waals surface area contributed by atoms with Crippen molar-refractivity contribution in [2.75, 3.05) is 26.2 Å². The van der Waals surface area contributed by atoms with Crippen LogP contribution in [0.1, 0.15) is 92.9 Å². The van der Waals surface area contributed by atoms with Crippen molar-refractivity contribution in [2.45, 2.75) is 111 Å². The second-order valence-corrected chi connectivity index (χ2v) is 14.3. The van der Waals surface area contributed by atoms with E-state index in [4.69, 9.17) is 16.3 Å². The zero-order valence-electron chi connectivity index (χ0n) is 32.5. The first kappa shape index (κ1) is 42.5. The lowest BCUT2D eigenvalue weighted by Crippen LogP contribution is -2.52. The number of carbonyl (C=O) groups is 2. The lowest BCUT2D eigenvalue weighted by molar-refractivity contribution is -0.118. The highest BCUT2D eigenvalue weighted by Gasteiger charge is 2.27. The molecule has 7 rings (SSSR count). The van der Waals surface area contributed by atoms with Crippen molar-refractivity contribution in [1.29, 1.82) is 0 Å². The van der Waals surface area contributed by atoms with E-state index in [1.807, 2.05) is 54.8 Å². The number of ether oxygens (including phenoxy) is 1. The Morgan fingerprint density at radius 2 is 1.80 bits per heavy atom. The third-order valence-electron chi connectivity index (χ3n) is 9.80. The molecule has 9 nitrogen and oxygen atoms in total. The van der Waals surface area contributed by atoms with Crippen LogP contribution in [0.5, 0.6) is 0 Å². The van der Waals surface area contributed by atoms with Gasteiger partial charge in [-0.2, -0.15) is 0 Å². The normalized spacial score (nSPS) is 16.3. The molecule has 2 aromatic heterocycles. The van der Waals surface area contributed by atoms with E-state index in [9.17, 15) is 14.0 Å². The van der Waals surface area contributed by atoms with Crippen LogP contribution in [0.15, 0.2) is 73.3 Å². The van der Waals surface area contributed by atoms with E-state index < -0.39 is 0 Å². The number of fused-ring (bicyclic) bond motifs is 2. The summed E-state index contributed by atoms with van der Waals surface area (Å²) in [5.74, 6) is -0.262. The fourth-order valence-corrected chi connectivity index (χ4v) is 7.05. The molecule has 1 aliphatic heterocycles. The Hall–Kier alpha value is -4.28. The maximum Gasteiger partial charge on any atom is 0.410 e. The van der Waals surface area contributed by atoms with Gasteiger partial charge >= 0.3 is 6.09 Å². The van der Waals surface area contributed by atoms with Gasteiger partial charge in [0.1, 0.15) is 11.9 Å². The third kappa shape index (κ3) is 13.9. The molecule has 1 saturated heterocycles. The Morgan fingerprint density at radius 1 is 1.04 bits per heavy atom. The molecule has 1 unspecified atom stereocenters. The van der Waals surface area contributed by atoms with Crippen LogP contribution in [-0.2, 0) is 41.9 Å². The number of hydrogen-bond donors (Lipinski definition) is 1. The Balaban J connectivity index is 0.000000178. The van der Waals surface area contributed by atoms with Crippen LogP contribution in [-0.4, -0.2) is 75.2 Å². The van der Waals surface area contributed by atoms with Crippen molar-refractivity contribution in [1.82, 2.24) is 29.7 Å². The molecule has 54 heavy (non-hydrogen) atoms. The van der Waals surface area contributed by atoms with E-state index in [0.717, 1.165) is 87.4 Å². The Morgan fingerprint density at radius 3 is 2.50 bits per heavy atom. The summed E-state index contributed by atoms with van der Waals surface area (Å²) in [6.45, 7) is 12.5. The van der Waals surface area contributed by atoms with Crippen LogP contribution in [0.4, 0.5) is 9.18 Å². The molecule has 4 aromatic rings. The number of halogens is 2. The fraction of sp³-hybridized carbons (Fsp3) is 0.488. The SMILES string of the molecule is CC.CC1CNCCN1C(=O)OC1CCCCC1.Cc1cn(CCCN(C=O)Cc2ccc(F)cc2)cn1.Clc1ccc2c(c1)CCc1cccnc1C2. The Labute approximate surface area is 326 Å². The highest BCUT2D eigenvalue weighted by atomic mass is 35.5. The summed E-state index contributed by atoms with van der Waals surface area (Å²) in [6.07, 6.45) is 16.3. The fourth-order valence-electron chi connectivity index (χ4n) is 6.86. The van der Waals surface area contributed by atoms with Crippen LogP contribution in [0.3, 0.4) is 0 Å². The number of imidazole rings is 1. The smallest absolute Gasteiger partial charge is 0.410 e. The molecule has 292 valence electrons. The molecule has 2 fully saturated rings. The minimum atomic E-state index is -0.262. The lowest BCUT2D eigenvalue weighted by atomic mass is 9.98. The lowest BCUT2D eigenvalue weighted by Gasteiger charge is -2.34. The number of nitrogens with zero attached hydrogens (tertiary/aromatic N) is 5. The number of carbonyl (C=O) groups excluding carboxylic acids is 2. The molecular weight excluding hydrogens is 703 g/mol. The summed E-state index contributed by atoms with van der Waals surface area (Å²) in [6, 6.07) is 16.8. The molecule has 1 atom stereocenters. The molecule has 3 heterocycles. The maximum atomic E-state index is 12.8. The number of aryl methyl sites for hydroxylation is 4. The predicted molar refractivity (Wildman–Crippen MR) is 214 cm³/mol. The average molecular weight is 761 g/mol. The predicted octanol–water partition coefficient (Wildman–Crippen LogP) is 8.58. The van der Waals surface area contributed by atoms with Gasteiger partial charge in [-0.25, -0.2) is 14.2 Å². The molecule has 11 heteroatoms. The van der Waals surface area contributed by atoms with Gasteiger partial charge < -0.3 is 24.4 Å². The first-order chi connectivity index (χ1) is 26.3. The van der Waals surface area contributed by atoms with Gasteiger partial charge in [-0.05, 0) is 111 Å². The van der Waals surface area contributed by atoms with Crippen molar-refractivity contribution >= 4 is 24.1 Å². The zero-order chi connectivity index (χ0) is 38.7. The van der Waals surface area contributed by atoms with Gasteiger partial charge in [-0.15, -0.1) is 0 Å². The van der Waals surface area contributed by atoms with E-state index in [-0.39, 0.29) is 24.1 Å². The van der Waals surface area contributed by atoms with Crippen LogP contribution in [0, 0.1) is 12.7 Å². The third-order valence-corrected chi connectivity index (χ3v) is 10.0. The number of benzene rings is 2. The molecule has 1 N–H and O–H groups in total. The number of amides is 2. The van der Waals surface area contributed by atoms with Crippen molar-refractivity contribution < 1.29 is 18.7 Å². The first-order valence-corrected chi connectivity index (χ1v) is 20.0. The van der Waals surface area contributed by atoms with Gasteiger partial charge in [0.25, 0.3) is 0 Å². The minimum Gasteiger partial charge on any atom is -0.446 e. The minimum absolute atomic E-state index is 0.110. The second kappa shape index (κ2) is 22.8. The summed E-state index contributed by atoms with van der Waals surface area (Å²) in [5, 5.41) is 4.10. The molecule has 3 aliphatic rings. The van der Waals surface area contributed by atoms with E-state index in [0.29, 0.717) is 13.1 Å². The van der Waals surface area contributed by atoms with Gasteiger partial charge in [0.2, 0.25) is 6.41 Å². The highest BCUT2D eigenvalue weighted by Crippen LogP contribution is 2.25. The van der Waals surface area contributed by atoms with Gasteiger partial charge in [-0.1, -0.05) is 56.1 Å². The van der Waals surface area contributed by atoms with Crippen molar-refractivity contribution in [3.8, 4) is 0 Å². The van der Waals surface area contributed by atoms with E-state index in [1.54, 1.807) is 23.4 Å². The molecule has 0 spiro atoms. The molecule has 1 saturated carbocycles. The number of aromatic nitrogens is 3. The Kier molecular flexibility index (Phi) is 17.9. The van der Waals surface area contributed by atoms with E-state index in [1.165, 1.54) is 53.8 Å². The molecule has 2 aromatic carbocycles. The topological polar surface area (TPSA) is 92.6 Å². The number of nitrogens with one attached hydrogen (secondary N) is 1. The summed E-state index contributed by atoms with van der Waals surface area (Å²) >= 11 is 6.03. The quantitative estimate of drug-likeness (QED) is 0.181. The second-order valence-electron chi connectivity index (χ2n) is 13.9. The maximum absolute atomic E-state index is 12.8. The summed E-state index contributed by atoms with van der Waals surface area (Å²) in [5.41, 5.74) is 7.23. The number of piperazine rings is 1. The Bertz CT molecular complexity index is 1710. The van der Waals surface area contributed by atoms with Gasteiger partial charge in [-0.3, -0.25) is 9.78 Å². The summed E-state index contributed by atoms with van der Waals surface area (Å²) in [7, 11) is 0. The van der Waals surface area contributed by atoms with Crippen LogP contribution < -0.4 is 5.32 Å². The summed E-state index contributed by atoms with van der Waals surface area (Å²) < 4.78 is 20.4. The monoisotopic (exact) mass is 760 g/mol. The zero-order valence-corrected chi connectivity index (χ0v) is 33.2. The van der Waals surface area contributed by atoms with Crippen molar-refractivity contribution in [3.05, 3.63) is 118 Å². The largest absolute Gasteiger partial charge is 0.446 e. The van der Waals surface area contributed by atoms with Gasteiger partial charge in [0.05, 0.1) is 12.0 Å². The number of pyridine rings is 1. The molecule has 0 radical (unpaired) electrons. The van der Waals surface area contributed by atoms with Gasteiger partial charge in [0.15, 0.2) is 0 Å². The number of rotatable bonds is 8. The number of hydrogen-bond acceptors (Lipinski definition) is 6. The molecule has 2 aliphatic carbocycles. The molecule has 2 amide bonds. The molecule has 0 bridgehead atoms. The van der Waals surface area contributed by atoms with E-state index in [2.05, 4.69) is 40.4 Å². The van der Waals surface area contributed by atoms with Gasteiger partial charge in [0, 0.05) is 74.8 Å². The van der Waals surface area contributed by atoms with Crippen LogP contribution in [0.2, 0.25) is 5.02 Å². The average Bonchev–Trinajstić information content (AvgIpc) is 3.52. The highest BCUT2D eigenvalue weighted by molar-refractivity contribution is 6.30. The summed E-state index contributed by atoms with van der Waals surface area (Å²) in [4.78, 5) is 35.2. The van der Waals surface area contributed by atoms with E-state index >= 15 is 0 Å².